The van der Waals surface area contributed by atoms with Crippen LogP contribution in [0.2, 0.25) is 5.02 Å². The molecule has 1 aliphatic heterocycles. The van der Waals surface area contributed by atoms with E-state index in [1.165, 1.54) is 29.5 Å². The lowest BCUT2D eigenvalue weighted by Gasteiger charge is -2.28. The molecule has 6 rings (SSSR count). The van der Waals surface area contributed by atoms with Crippen LogP contribution in [0.25, 0.3) is 0 Å². The van der Waals surface area contributed by atoms with Gasteiger partial charge in [-0.05, 0) is 91.6 Å². The highest BCUT2D eigenvalue weighted by Gasteiger charge is 2.64. The highest BCUT2D eigenvalue weighted by molar-refractivity contribution is 6.30. The van der Waals surface area contributed by atoms with Crippen molar-refractivity contribution >= 4 is 40.9 Å². The summed E-state index contributed by atoms with van der Waals surface area (Å²) in [5, 5.41) is 0.508. The van der Waals surface area contributed by atoms with Crippen molar-refractivity contribution < 1.29 is 23.9 Å². The van der Waals surface area contributed by atoms with Gasteiger partial charge in [-0.15, -0.1) is 0 Å². The molecule has 2 saturated carbocycles. The molecule has 2 bridgehead atoms. The quantitative estimate of drug-likeness (QED) is 0.233. The third kappa shape index (κ3) is 4.04. The van der Waals surface area contributed by atoms with Gasteiger partial charge in [0, 0.05) is 10.6 Å². The number of amides is 2. The maximum atomic E-state index is 13.5. The number of anilines is 1. The first kappa shape index (κ1) is 24.6. The molecule has 0 aromatic heterocycles. The fourth-order valence-corrected chi connectivity index (χ4v) is 6.80. The van der Waals surface area contributed by atoms with Gasteiger partial charge >= 0.3 is 5.97 Å². The average molecular weight is 528 g/mol. The van der Waals surface area contributed by atoms with Crippen LogP contribution in [0.1, 0.15) is 52.0 Å². The molecule has 7 heteroatoms. The lowest BCUT2D eigenvalue weighted by atomic mass is 9.73. The molecule has 0 unspecified atom stereocenters. The van der Waals surface area contributed by atoms with Gasteiger partial charge in [0.05, 0.1) is 23.1 Å². The van der Waals surface area contributed by atoms with E-state index in [0.717, 1.165) is 12.8 Å². The van der Waals surface area contributed by atoms with E-state index in [-0.39, 0.29) is 46.8 Å². The smallest absolute Gasteiger partial charge is 0.338 e. The lowest BCUT2D eigenvalue weighted by Crippen LogP contribution is -2.33. The summed E-state index contributed by atoms with van der Waals surface area (Å²) in [6.07, 6.45) is 0.857. The zero-order chi connectivity index (χ0) is 26.6. The molecule has 2 amide bonds. The van der Waals surface area contributed by atoms with Crippen LogP contribution in [0.4, 0.5) is 5.69 Å². The number of imide groups is 1. The first-order valence-electron chi connectivity index (χ1n) is 12.9. The van der Waals surface area contributed by atoms with Crippen molar-refractivity contribution in [3.63, 3.8) is 0 Å². The van der Waals surface area contributed by atoms with Gasteiger partial charge in [-0.25, -0.2) is 4.79 Å². The summed E-state index contributed by atoms with van der Waals surface area (Å²) in [7, 11) is 0. The van der Waals surface area contributed by atoms with Gasteiger partial charge < -0.3 is 4.74 Å². The molecule has 2 aliphatic carbocycles. The fourth-order valence-electron chi connectivity index (χ4n) is 6.67. The normalized spacial score (nSPS) is 26.4. The van der Waals surface area contributed by atoms with Crippen molar-refractivity contribution in [1.82, 2.24) is 0 Å². The summed E-state index contributed by atoms with van der Waals surface area (Å²) in [4.78, 5) is 53.5. The summed E-state index contributed by atoms with van der Waals surface area (Å²) < 4.78 is 5.37. The van der Waals surface area contributed by atoms with Crippen LogP contribution in [0.15, 0.2) is 78.9 Å². The number of hydrogen-bond donors (Lipinski definition) is 0. The first-order valence-corrected chi connectivity index (χ1v) is 13.2. The maximum absolute atomic E-state index is 13.5. The Bertz CT molecular complexity index is 1420. The van der Waals surface area contributed by atoms with E-state index in [1.807, 2.05) is 18.2 Å². The monoisotopic (exact) mass is 527 g/mol. The van der Waals surface area contributed by atoms with E-state index in [4.69, 9.17) is 16.3 Å². The summed E-state index contributed by atoms with van der Waals surface area (Å²) in [6.45, 7) is 1.51. The summed E-state index contributed by atoms with van der Waals surface area (Å²) in [5.41, 5.74) is 2.31. The average Bonchev–Trinajstić information content (AvgIpc) is 3.60. The molecule has 3 aliphatic rings. The number of Topliss-reactive ketones (excluding diaryl/α,β-unsaturated/α-hetero) is 1. The van der Waals surface area contributed by atoms with Crippen LogP contribution in [0, 0.1) is 23.7 Å². The Balaban J connectivity index is 1.15. The number of hydrogen-bond acceptors (Lipinski definition) is 5. The number of rotatable bonds is 6. The van der Waals surface area contributed by atoms with E-state index in [1.54, 1.807) is 36.4 Å². The Kier molecular flexibility index (Phi) is 6.15. The van der Waals surface area contributed by atoms with E-state index in [0.29, 0.717) is 22.2 Å². The maximum Gasteiger partial charge on any atom is 0.338 e. The summed E-state index contributed by atoms with van der Waals surface area (Å²) in [5.74, 6) is -1.17. The van der Waals surface area contributed by atoms with Gasteiger partial charge in [0.2, 0.25) is 17.6 Å². The van der Waals surface area contributed by atoms with Gasteiger partial charge in [-0.2, -0.15) is 0 Å². The van der Waals surface area contributed by atoms with E-state index >= 15 is 0 Å². The Morgan fingerprint density at radius 1 is 0.842 bits per heavy atom. The number of fused-ring (bicyclic) bond motifs is 5. The van der Waals surface area contributed by atoms with Crippen molar-refractivity contribution in [3.8, 4) is 0 Å². The van der Waals surface area contributed by atoms with Crippen molar-refractivity contribution in [2.75, 3.05) is 4.90 Å². The third-order valence-electron chi connectivity index (χ3n) is 8.39. The molecule has 0 spiro atoms. The molecule has 6 nitrogen and oxygen atoms in total. The molecule has 1 saturated heterocycles. The van der Waals surface area contributed by atoms with Crippen molar-refractivity contribution in [2.24, 2.45) is 23.7 Å². The van der Waals surface area contributed by atoms with Gasteiger partial charge in [0.25, 0.3) is 0 Å². The zero-order valence-corrected chi connectivity index (χ0v) is 21.5. The number of benzene rings is 3. The van der Waals surface area contributed by atoms with Crippen LogP contribution in [-0.4, -0.2) is 29.7 Å². The van der Waals surface area contributed by atoms with E-state index < -0.39 is 12.1 Å². The number of ketones is 1. The highest BCUT2D eigenvalue weighted by Crippen LogP contribution is 2.61. The number of esters is 1. The SMILES string of the molecule is C[C@H](OC(=O)c1ccc(N2C(=O)[C@@H]3[C@@H]4C[C@@H]([C@@H]3C2=O)[C@@H](c2ccccc2)C4)cc1)C(=O)c1ccc(Cl)cc1. The molecule has 0 N–H and O–H groups in total. The Morgan fingerprint density at radius 2 is 1.47 bits per heavy atom. The molecular formula is C31H26ClNO5. The lowest BCUT2D eigenvalue weighted by molar-refractivity contribution is -0.123. The largest absolute Gasteiger partial charge is 0.451 e. The van der Waals surface area contributed by atoms with Crippen LogP contribution in [0.3, 0.4) is 0 Å². The Hall–Kier alpha value is -3.77. The standard InChI is InChI=1S/C31H26ClNO5/c1-17(28(34)19-7-11-22(32)12-8-19)38-31(37)20-9-13-23(14-10-20)33-29(35)26-21-15-24(18-5-3-2-4-6-18)25(16-21)27(26)30(33)36/h2-14,17,21,24-27H,15-16H2,1H3/t17-,21-,24+,25+,26+,27-/m0/s1. The zero-order valence-electron chi connectivity index (χ0n) is 20.8. The predicted molar refractivity (Wildman–Crippen MR) is 142 cm³/mol. The van der Waals surface area contributed by atoms with Crippen molar-refractivity contribution in [2.45, 2.75) is 31.8 Å². The number of ether oxygens (including phenoxy) is 1. The topological polar surface area (TPSA) is 80.8 Å². The van der Waals surface area contributed by atoms with Crippen LogP contribution in [0.5, 0.6) is 0 Å². The molecule has 6 atom stereocenters. The predicted octanol–water partition coefficient (Wildman–Crippen LogP) is 5.70. The molecule has 3 fully saturated rings. The second-order valence-corrected chi connectivity index (χ2v) is 10.9. The number of carbonyl (C=O) groups is 4. The molecule has 192 valence electrons. The molecule has 0 radical (unpaired) electrons. The molecule has 3 aromatic carbocycles. The molecule has 1 heterocycles. The summed E-state index contributed by atoms with van der Waals surface area (Å²) >= 11 is 5.87. The van der Waals surface area contributed by atoms with E-state index in [2.05, 4.69) is 12.1 Å². The van der Waals surface area contributed by atoms with Crippen LogP contribution >= 0.6 is 11.6 Å². The minimum atomic E-state index is -0.988. The Morgan fingerprint density at radius 3 is 2.16 bits per heavy atom. The third-order valence-corrected chi connectivity index (χ3v) is 8.64. The van der Waals surface area contributed by atoms with Crippen LogP contribution in [-0.2, 0) is 14.3 Å². The number of nitrogens with zero attached hydrogens (tertiary/aromatic N) is 1. The van der Waals surface area contributed by atoms with E-state index in [9.17, 15) is 19.2 Å². The summed E-state index contributed by atoms with van der Waals surface area (Å²) in [6, 6.07) is 22.8. The van der Waals surface area contributed by atoms with Crippen molar-refractivity contribution in [1.29, 1.82) is 0 Å². The minimum absolute atomic E-state index is 0.142. The fraction of sp³-hybridized carbons (Fsp3) is 0.290. The van der Waals surface area contributed by atoms with Crippen LogP contribution < -0.4 is 4.90 Å². The van der Waals surface area contributed by atoms with Gasteiger partial charge in [-0.1, -0.05) is 41.9 Å². The van der Waals surface area contributed by atoms with Crippen molar-refractivity contribution in [3.05, 3.63) is 101 Å². The number of carbonyl (C=O) groups excluding carboxylic acids is 4. The second kappa shape index (κ2) is 9.52. The second-order valence-electron chi connectivity index (χ2n) is 10.4. The van der Waals surface area contributed by atoms with Gasteiger partial charge in [0.1, 0.15) is 0 Å². The molecule has 3 aromatic rings. The first-order chi connectivity index (χ1) is 18.3. The highest BCUT2D eigenvalue weighted by atomic mass is 35.5. The van der Waals surface area contributed by atoms with Gasteiger partial charge in [-0.3, -0.25) is 19.3 Å². The molecule has 38 heavy (non-hydrogen) atoms. The minimum Gasteiger partial charge on any atom is -0.451 e. The number of halogens is 1. The Labute approximate surface area is 225 Å². The van der Waals surface area contributed by atoms with Gasteiger partial charge in [0.15, 0.2) is 6.10 Å². The molecular weight excluding hydrogens is 502 g/mol.